The Bertz CT molecular complexity index is 964. The zero-order valence-electron chi connectivity index (χ0n) is 18.9. The van der Waals surface area contributed by atoms with Gasteiger partial charge in [0.15, 0.2) is 0 Å². The van der Waals surface area contributed by atoms with Crippen LogP contribution in [0.15, 0.2) is 54.4 Å². The summed E-state index contributed by atoms with van der Waals surface area (Å²) in [6.45, 7) is 2.99. The first-order chi connectivity index (χ1) is 15.9. The first kappa shape index (κ1) is 24.9. The van der Waals surface area contributed by atoms with Gasteiger partial charge in [0.25, 0.3) is 0 Å². The van der Waals surface area contributed by atoms with Gasteiger partial charge in [0.1, 0.15) is 11.4 Å². The molecule has 0 aromatic heterocycles. The van der Waals surface area contributed by atoms with Crippen LogP contribution < -0.4 is 15.8 Å². The third-order valence-corrected chi connectivity index (χ3v) is 5.84. The van der Waals surface area contributed by atoms with Gasteiger partial charge in [0.05, 0.1) is 32.0 Å². The van der Waals surface area contributed by atoms with Gasteiger partial charge in [-0.05, 0) is 48.2 Å². The summed E-state index contributed by atoms with van der Waals surface area (Å²) < 4.78 is 16.3. The fourth-order valence-corrected chi connectivity index (χ4v) is 4.02. The van der Waals surface area contributed by atoms with E-state index in [1.807, 2.05) is 49.4 Å². The number of hydrogen-bond donors (Lipinski definition) is 3. The van der Waals surface area contributed by atoms with Crippen molar-refractivity contribution in [1.29, 1.82) is 0 Å². The summed E-state index contributed by atoms with van der Waals surface area (Å²) in [5.41, 5.74) is 8.68. The topological polar surface area (TPSA) is 103 Å². The standard InChI is InChI=1S/C25H31ClN2O5/c1-3-32-20-7-4-16(5-8-20)10-18-11-17(6-9-22(18)26)24-13-19(29)12-21(33-24)14-28-15-23(27)25(30)31-2/h4-9,11,15,19,21,24,28-29H,3,10,12-14,27H2,1-2H3/b23-15-. The number of carbonyl (C=O) groups excluding carboxylic acids is 1. The molecule has 1 aliphatic heterocycles. The van der Waals surface area contributed by atoms with Gasteiger partial charge in [-0.25, -0.2) is 4.79 Å². The number of nitrogens with two attached hydrogens (primary N) is 1. The molecule has 3 unspecified atom stereocenters. The smallest absolute Gasteiger partial charge is 0.355 e. The Morgan fingerprint density at radius 1 is 1.27 bits per heavy atom. The average molecular weight is 475 g/mol. The number of carbonyl (C=O) groups is 1. The van der Waals surface area contributed by atoms with Gasteiger partial charge < -0.3 is 30.4 Å². The number of hydrogen-bond acceptors (Lipinski definition) is 7. The van der Waals surface area contributed by atoms with Crippen LogP contribution >= 0.6 is 11.6 Å². The highest BCUT2D eigenvalue weighted by atomic mass is 35.5. The Labute approximate surface area is 199 Å². The van der Waals surface area contributed by atoms with E-state index in [1.165, 1.54) is 13.3 Å². The first-order valence-corrected chi connectivity index (χ1v) is 11.4. The van der Waals surface area contributed by atoms with Gasteiger partial charge in [0.2, 0.25) is 0 Å². The maximum absolute atomic E-state index is 11.4. The Kier molecular flexibility index (Phi) is 9.00. The van der Waals surface area contributed by atoms with Crippen molar-refractivity contribution in [1.82, 2.24) is 5.32 Å². The maximum atomic E-state index is 11.4. The molecule has 1 saturated heterocycles. The van der Waals surface area contributed by atoms with E-state index in [4.69, 9.17) is 26.8 Å². The lowest BCUT2D eigenvalue weighted by molar-refractivity contribution is -0.136. The fourth-order valence-electron chi connectivity index (χ4n) is 3.83. The minimum absolute atomic E-state index is 0.0259. The van der Waals surface area contributed by atoms with Crippen molar-refractivity contribution in [3.05, 3.63) is 76.1 Å². The summed E-state index contributed by atoms with van der Waals surface area (Å²) in [6, 6.07) is 13.8. The second kappa shape index (κ2) is 11.9. The van der Waals surface area contributed by atoms with Crippen LogP contribution in [0, 0.1) is 0 Å². The number of aliphatic hydroxyl groups excluding tert-OH is 1. The zero-order valence-corrected chi connectivity index (χ0v) is 19.7. The molecule has 3 rings (SSSR count). The second-order valence-electron chi connectivity index (χ2n) is 7.98. The molecule has 178 valence electrons. The lowest BCUT2D eigenvalue weighted by atomic mass is 9.94. The van der Waals surface area contributed by atoms with Crippen LogP contribution in [0.2, 0.25) is 5.02 Å². The molecule has 1 aliphatic rings. The number of nitrogens with one attached hydrogen (secondary N) is 1. The molecule has 0 radical (unpaired) electrons. The van der Waals surface area contributed by atoms with Crippen LogP contribution in [-0.2, 0) is 20.7 Å². The lowest BCUT2D eigenvalue weighted by Crippen LogP contribution is -2.37. The van der Waals surface area contributed by atoms with Crippen LogP contribution in [0.25, 0.3) is 0 Å². The molecule has 0 aliphatic carbocycles. The van der Waals surface area contributed by atoms with E-state index in [0.29, 0.717) is 37.4 Å². The van der Waals surface area contributed by atoms with E-state index in [2.05, 4.69) is 10.1 Å². The molecule has 8 heteroatoms. The second-order valence-corrected chi connectivity index (χ2v) is 8.38. The summed E-state index contributed by atoms with van der Waals surface area (Å²) in [6.07, 6.45) is 2.05. The summed E-state index contributed by atoms with van der Waals surface area (Å²) in [5, 5.41) is 14.1. The van der Waals surface area contributed by atoms with Crippen molar-refractivity contribution >= 4 is 17.6 Å². The fraction of sp³-hybridized carbons (Fsp3) is 0.400. The number of benzene rings is 2. The summed E-state index contributed by atoms with van der Waals surface area (Å²) in [7, 11) is 1.27. The summed E-state index contributed by atoms with van der Waals surface area (Å²) in [4.78, 5) is 11.4. The molecule has 2 aromatic carbocycles. The number of methoxy groups -OCH3 is 1. The monoisotopic (exact) mass is 474 g/mol. The molecular formula is C25H31ClN2O5. The largest absolute Gasteiger partial charge is 0.494 e. The predicted octanol–water partition coefficient (Wildman–Crippen LogP) is 3.47. The highest BCUT2D eigenvalue weighted by molar-refractivity contribution is 6.31. The zero-order chi connectivity index (χ0) is 23.8. The molecule has 3 atom stereocenters. The highest BCUT2D eigenvalue weighted by Gasteiger charge is 2.29. The lowest BCUT2D eigenvalue weighted by Gasteiger charge is -2.33. The quantitative estimate of drug-likeness (QED) is 0.377. The summed E-state index contributed by atoms with van der Waals surface area (Å²) in [5.74, 6) is 0.236. The van der Waals surface area contributed by atoms with E-state index in [9.17, 15) is 9.90 Å². The van der Waals surface area contributed by atoms with Crippen LogP contribution in [-0.4, -0.2) is 43.5 Å². The molecule has 7 nitrogen and oxygen atoms in total. The number of aliphatic hydroxyl groups is 1. The number of ether oxygens (including phenoxy) is 3. The van der Waals surface area contributed by atoms with Gasteiger partial charge in [-0.1, -0.05) is 35.9 Å². The van der Waals surface area contributed by atoms with E-state index in [-0.39, 0.29) is 17.9 Å². The Hall–Kier alpha value is -2.74. The van der Waals surface area contributed by atoms with Crippen molar-refractivity contribution in [3.8, 4) is 5.75 Å². The molecule has 4 N–H and O–H groups in total. The third-order valence-electron chi connectivity index (χ3n) is 5.47. The Balaban J connectivity index is 1.67. The van der Waals surface area contributed by atoms with Crippen molar-refractivity contribution in [3.63, 3.8) is 0 Å². The van der Waals surface area contributed by atoms with E-state index in [1.54, 1.807) is 0 Å². The highest BCUT2D eigenvalue weighted by Crippen LogP contribution is 2.34. The molecule has 0 bridgehead atoms. The molecular weight excluding hydrogens is 444 g/mol. The molecule has 0 amide bonds. The minimum Gasteiger partial charge on any atom is -0.494 e. The van der Waals surface area contributed by atoms with Crippen LogP contribution in [0.5, 0.6) is 5.75 Å². The molecule has 0 saturated carbocycles. The van der Waals surface area contributed by atoms with Crippen LogP contribution in [0.3, 0.4) is 0 Å². The Morgan fingerprint density at radius 3 is 2.73 bits per heavy atom. The number of halogens is 1. The van der Waals surface area contributed by atoms with Gasteiger partial charge in [-0.2, -0.15) is 0 Å². The van der Waals surface area contributed by atoms with E-state index < -0.39 is 12.1 Å². The third kappa shape index (κ3) is 7.12. The molecule has 33 heavy (non-hydrogen) atoms. The first-order valence-electron chi connectivity index (χ1n) is 11.0. The maximum Gasteiger partial charge on any atom is 0.355 e. The Morgan fingerprint density at radius 2 is 2.03 bits per heavy atom. The van der Waals surface area contributed by atoms with Crippen molar-refractivity contribution in [2.24, 2.45) is 5.73 Å². The SMILES string of the molecule is CCOc1ccc(Cc2cc(C3CC(O)CC(CN/C=C(\N)C(=O)OC)O3)ccc2Cl)cc1. The molecule has 1 fully saturated rings. The van der Waals surface area contributed by atoms with Crippen molar-refractivity contribution in [2.45, 2.75) is 44.5 Å². The molecule has 1 heterocycles. The summed E-state index contributed by atoms with van der Waals surface area (Å²) >= 11 is 6.48. The normalized spacial score (nSPS) is 20.8. The predicted molar refractivity (Wildman–Crippen MR) is 127 cm³/mol. The van der Waals surface area contributed by atoms with E-state index in [0.717, 1.165) is 22.4 Å². The molecule has 2 aromatic rings. The van der Waals surface area contributed by atoms with Crippen LogP contribution in [0.4, 0.5) is 0 Å². The van der Waals surface area contributed by atoms with Gasteiger partial charge >= 0.3 is 5.97 Å². The van der Waals surface area contributed by atoms with Gasteiger partial charge in [-0.15, -0.1) is 0 Å². The number of esters is 1. The van der Waals surface area contributed by atoms with E-state index >= 15 is 0 Å². The minimum atomic E-state index is -0.605. The van der Waals surface area contributed by atoms with Crippen LogP contribution in [0.1, 0.15) is 42.6 Å². The van der Waals surface area contributed by atoms with Gasteiger partial charge in [-0.3, -0.25) is 0 Å². The van der Waals surface area contributed by atoms with Crippen molar-refractivity contribution in [2.75, 3.05) is 20.3 Å². The average Bonchev–Trinajstić information content (AvgIpc) is 2.81. The van der Waals surface area contributed by atoms with Crippen molar-refractivity contribution < 1.29 is 24.1 Å². The molecule has 0 spiro atoms. The van der Waals surface area contributed by atoms with Gasteiger partial charge in [0, 0.05) is 30.6 Å². The number of rotatable bonds is 9.